The van der Waals surface area contributed by atoms with Crippen LogP contribution in [0.5, 0.6) is 0 Å². The molecule has 1 atom stereocenters. The van der Waals surface area contributed by atoms with Gasteiger partial charge in [0.15, 0.2) is 0 Å². The first-order valence-electron chi connectivity index (χ1n) is 5.31. The first-order valence-corrected chi connectivity index (χ1v) is 5.31. The lowest BCUT2D eigenvalue weighted by Crippen LogP contribution is -2.54. The molecule has 4 nitrogen and oxygen atoms in total. The highest BCUT2D eigenvalue weighted by Gasteiger charge is 2.47. The zero-order valence-corrected chi connectivity index (χ0v) is 8.66. The minimum atomic E-state index is -0.218. The van der Waals surface area contributed by atoms with Crippen LogP contribution in [0, 0.1) is 5.41 Å². The second kappa shape index (κ2) is 3.51. The smallest absolute Gasteiger partial charge is 0.233 e. The SMILES string of the molecule is CCC1(C(=O)N2CCC(N)C2)COC1. The van der Waals surface area contributed by atoms with E-state index in [1.165, 1.54) is 0 Å². The number of carbonyl (C=O) groups excluding carboxylic acids is 1. The maximum absolute atomic E-state index is 12.1. The Balaban J connectivity index is 2.00. The van der Waals surface area contributed by atoms with E-state index in [1.54, 1.807) is 0 Å². The largest absolute Gasteiger partial charge is 0.379 e. The molecule has 1 unspecified atom stereocenters. The van der Waals surface area contributed by atoms with Crippen molar-refractivity contribution in [1.82, 2.24) is 4.90 Å². The summed E-state index contributed by atoms with van der Waals surface area (Å²) in [5.74, 6) is 0.249. The Bertz CT molecular complexity index is 233. The molecule has 1 amide bonds. The summed E-state index contributed by atoms with van der Waals surface area (Å²) < 4.78 is 5.16. The van der Waals surface area contributed by atoms with Gasteiger partial charge in [-0.05, 0) is 12.8 Å². The summed E-state index contributed by atoms with van der Waals surface area (Å²) in [6.07, 6.45) is 1.81. The highest BCUT2D eigenvalue weighted by Crippen LogP contribution is 2.34. The summed E-state index contributed by atoms with van der Waals surface area (Å²) >= 11 is 0. The van der Waals surface area contributed by atoms with Gasteiger partial charge in [0.05, 0.1) is 18.6 Å². The number of likely N-dealkylation sites (tertiary alicyclic amines) is 1. The molecule has 0 aromatic rings. The first-order chi connectivity index (χ1) is 6.68. The van der Waals surface area contributed by atoms with E-state index in [-0.39, 0.29) is 17.4 Å². The summed E-state index contributed by atoms with van der Waals surface area (Å²) in [7, 11) is 0. The van der Waals surface area contributed by atoms with Gasteiger partial charge in [0.2, 0.25) is 5.91 Å². The fourth-order valence-electron chi connectivity index (χ4n) is 2.13. The molecule has 2 aliphatic heterocycles. The van der Waals surface area contributed by atoms with Gasteiger partial charge in [-0.25, -0.2) is 0 Å². The van der Waals surface area contributed by atoms with Crippen LogP contribution in [0.4, 0.5) is 0 Å². The molecule has 14 heavy (non-hydrogen) atoms. The normalized spacial score (nSPS) is 30.1. The van der Waals surface area contributed by atoms with Gasteiger partial charge in [-0.3, -0.25) is 4.79 Å². The van der Waals surface area contributed by atoms with Gasteiger partial charge in [-0.15, -0.1) is 0 Å². The van der Waals surface area contributed by atoms with Crippen molar-refractivity contribution in [3.8, 4) is 0 Å². The van der Waals surface area contributed by atoms with E-state index in [9.17, 15) is 4.79 Å². The van der Waals surface area contributed by atoms with Crippen molar-refractivity contribution >= 4 is 5.91 Å². The molecule has 2 heterocycles. The van der Waals surface area contributed by atoms with Crippen LogP contribution in [0.25, 0.3) is 0 Å². The molecular weight excluding hydrogens is 180 g/mol. The molecule has 2 saturated heterocycles. The maximum atomic E-state index is 12.1. The molecule has 0 saturated carbocycles. The summed E-state index contributed by atoms with van der Waals surface area (Å²) in [4.78, 5) is 14.0. The lowest BCUT2D eigenvalue weighted by Gasteiger charge is -2.41. The van der Waals surface area contributed by atoms with Crippen LogP contribution in [0.3, 0.4) is 0 Å². The Morgan fingerprint density at radius 3 is 2.71 bits per heavy atom. The standard InChI is InChI=1S/C10H18N2O2/c1-2-10(6-14-7-10)9(13)12-4-3-8(11)5-12/h8H,2-7,11H2,1H3. The molecule has 80 valence electrons. The number of hydrogen-bond donors (Lipinski definition) is 1. The van der Waals surface area contributed by atoms with Crippen LogP contribution in [0.1, 0.15) is 19.8 Å². The van der Waals surface area contributed by atoms with Gasteiger partial charge in [0.25, 0.3) is 0 Å². The molecule has 2 N–H and O–H groups in total. The Hall–Kier alpha value is -0.610. The molecule has 0 radical (unpaired) electrons. The first kappa shape index (κ1) is 9.93. The Morgan fingerprint density at radius 1 is 1.64 bits per heavy atom. The molecule has 0 aromatic heterocycles. The fraction of sp³-hybridized carbons (Fsp3) is 0.900. The van der Waals surface area contributed by atoms with Crippen molar-refractivity contribution in [1.29, 1.82) is 0 Å². The quantitative estimate of drug-likeness (QED) is 0.678. The van der Waals surface area contributed by atoms with Gasteiger partial charge in [-0.1, -0.05) is 6.92 Å². The lowest BCUT2D eigenvalue weighted by molar-refractivity contribution is -0.172. The van der Waals surface area contributed by atoms with Crippen LogP contribution in [-0.2, 0) is 9.53 Å². The average Bonchev–Trinajstić information content (AvgIpc) is 2.50. The van der Waals surface area contributed by atoms with Crippen molar-refractivity contribution in [2.75, 3.05) is 26.3 Å². The van der Waals surface area contributed by atoms with E-state index in [0.29, 0.717) is 13.2 Å². The molecule has 4 heteroatoms. The zero-order chi connectivity index (χ0) is 10.2. The number of nitrogens with zero attached hydrogens (tertiary/aromatic N) is 1. The topological polar surface area (TPSA) is 55.6 Å². The van der Waals surface area contributed by atoms with Crippen LogP contribution in [-0.4, -0.2) is 43.2 Å². The molecule has 2 fully saturated rings. The maximum Gasteiger partial charge on any atom is 0.233 e. The molecule has 0 spiro atoms. The van der Waals surface area contributed by atoms with Gasteiger partial charge in [0.1, 0.15) is 0 Å². The Labute approximate surface area is 84.4 Å². The predicted octanol–water partition coefficient (Wildman–Crippen LogP) is -0.0274. The number of nitrogens with two attached hydrogens (primary N) is 1. The zero-order valence-electron chi connectivity index (χ0n) is 8.66. The molecule has 0 aliphatic carbocycles. The van der Waals surface area contributed by atoms with Gasteiger partial charge < -0.3 is 15.4 Å². The number of rotatable bonds is 2. The van der Waals surface area contributed by atoms with Crippen LogP contribution in [0.2, 0.25) is 0 Å². The van der Waals surface area contributed by atoms with Crippen molar-refractivity contribution in [2.24, 2.45) is 11.1 Å². The third-order valence-electron chi connectivity index (χ3n) is 3.40. The van der Waals surface area contributed by atoms with Gasteiger partial charge in [0, 0.05) is 19.1 Å². The van der Waals surface area contributed by atoms with Gasteiger partial charge >= 0.3 is 0 Å². The van der Waals surface area contributed by atoms with Crippen LogP contribution in [0.15, 0.2) is 0 Å². The number of hydrogen-bond acceptors (Lipinski definition) is 3. The minimum absolute atomic E-state index is 0.175. The van der Waals surface area contributed by atoms with Crippen molar-refractivity contribution < 1.29 is 9.53 Å². The second-order valence-electron chi connectivity index (χ2n) is 4.43. The summed E-state index contributed by atoms with van der Waals surface area (Å²) in [6.45, 7) is 4.78. The molecule has 2 aliphatic rings. The van der Waals surface area contributed by atoms with E-state index in [2.05, 4.69) is 6.92 Å². The summed E-state index contributed by atoms with van der Waals surface area (Å²) in [5, 5.41) is 0. The monoisotopic (exact) mass is 198 g/mol. The molecule has 0 aromatic carbocycles. The van der Waals surface area contributed by atoms with Crippen molar-refractivity contribution in [2.45, 2.75) is 25.8 Å². The van der Waals surface area contributed by atoms with Crippen LogP contribution >= 0.6 is 0 Å². The second-order valence-corrected chi connectivity index (χ2v) is 4.43. The van der Waals surface area contributed by atoms with Crippen molar-refractivity contribution in [3.63, 3.8) is 0 Å². The molecule has 0 bridgehead atoms. The van der Waals surface area contributed by atoms with Gasteiger partial charge in [-0.2, -0.15) is 0 Å². The summed E-state index contributed by atoms with van der Waals surface area (Å²) in [6, 6.07) is 0.175. The fourth-order valence-corrected chi connectivity index (χ4v) is 2.13. The summed E-state index contributed by atoms with van der Waals surface area (Å²) in [5.41, 5.74) is 5.56. The highest BCUT2D eigenvalue weighted by molar-refractivity contribution is 5.84. The van der Waals surface area contributed by atoms with E-state index in [4.69, 9.17) is 10.5 Å². The van der Waals surface area contributed by atoms with E-state index >= 15 is 0 Å². The molecular formula is C10H18N2O2. The minimum Gasteiger partial charge on any atom is -0.379 e. The average molecular weight is 198 g/mol. The van der Waals surface area contributed by atoms with Crippen LogP contribution < -0.4 is 5.73 Å². The van der Waals surface area contributed by atoms with E-state index in [1.807, 2.05) is 4.90 Å². The van der Waals surface area contributed by atoms with E-state index in [0.717, 1.165) is 25.9 Å². The number of carbonyl (C=O) groups is 1. The lowest BCUT2D eigenvalue weighted by atomic mass is 9.81. The highest BCUT2D eigenvalue weighted by atomic mass is 16.5. The number of ether oxygens (including phenoxy) is 1. The predicted molar refractivity (Wildman–Crippen MR) is 52.7 cm³/mol. The Kier molecular flexibility index (Phi) is 2.49. The number of amides is 1. The Morgan fingerprint density at radius 2 is 2.36 bits per heavy atom. The molecule has 2 rings (SSSR count). The van der Waals surface area contributed by atoms with Crippen molar-refractivity contribution in [3.05, 3.63) is 0 Å². The van der Waals surface area contributed by atoms with E-state index < -0.39 is 0 Å². The third kappa shape index (κ3) is 1.42. The third-order valence-corrected chi connectivity index (χ3v) is 3.40.